The number of para-hydroxylation sites is 1. The van der Waals surface area contributed by atoms with Gasteiger partial charge in [-0.25, -0.2) is 4.79 Å². The number of rotatable bonds is 5. The van der Waals surface area contributed by atoms with E-state index in [0.29, 0.717) is 42.4 Å². The Morgan fingerprint density at radius 1 is 0.938 bits per heavy atom. The zero-order chi connectivity index (χ0) is 22.7. The van der Waals surface area contributed by atoms with E-state index in [2.05, 4.69) is 5.32 Å². The van der Waals surface area contributed by atoms with Crippen LogP contribution in [0.2, 0.25) is 0 Å². The van der Waals surface area contributed by atoms with Crippen LogP contribution in [0.15, 0.2) is 64.2 Å². The molecule has 1 aliphatic heterocycles. The first kappa shape index (κ1) is 21.5. The SMILES string of the molecule is CCn1c(=O)c2ccccc2n(CC(=O)N2CCC(NC(=O)c3ccccc3)CC2)c1=O. The molecule has 1 fully saturated rings. The molecule has 1 aliphatic rings. The molecule has 3 aromatic rings. The molecular formula is C24H26N4O4. The maximum Gasteiger partial charge on any atom is 0.331 e. The van der Waals surface area contributed by atoms with Gasteiger partial charge in [-0.2, -0.15) is 0 Å². The van der Waals surface area contributed by atoms with E-state index in [4.69, 9.17) is 0 Å². The van der Waals surface area contributed by atoms with Crippen LogP contribution in [0.5, 0.6) is 0 Å². The fourth-order valence-electron chi connectivity index (χ4n) is 4.17. The number of carbonyl (C=O) groups is 2. The van der Waals surface area contributed by atoms with E-state index < -0.39 is 5.69 Å². The topological polar surface area (TPSA) is 93.4 Å². The molecule has 4 rings (SSSR count). The fourth-order valence-corrected chi connectivity index (χ4v) is 4.17. The number of piperidine rings is 1. The minimum absolute atomic E-state index is 0.00250. The quantitative estimate of drug-likeness (QED) is 0.660. The van der Waals surface area contributed by atoms with Crippen LogP contribution >= 0.6 is 0 Å². The summed E-state index contributed by atoms with van der Waals surface area (Å²) >= 11 is 0. The van der Waals surface area contributed by atoms with Gasteiger partial charge in [0.25, 0.3) is 11.5 Å². The molecule has 0 atom stereocenters. The smallest absolute Gasteiger partial charge is 0.331 e. The van der Waals surface area contributed by atoms with Crippen LogP contribution in [-0.2, 0) is 17.9 Å². The molecule has 166 valence electrons. The third-order valence-electron chi connectivity index (χ3n) is 5.96. The van der Waals surface area contributed by atoms with Gasteiger partial charge in [-0.1, -0.05) is 30.3 Å². The Kier molecular flexibility index (Phi) is 6.20. The Morgan fingerprint density at radius 3 is 2.28 bits per heavy atom. The van der Waals surface area contributed by atoms with Gasteiger partial charge in [0.05, 0.1) is 10.9 Å². The number of nitrogens with one attached hydrogen (secondary N) is 1. The van der Waals surface area contributed by atoms with Crippen molar-refractivity contribution in [3.63, 3.8) is 0 Å². The van der Waals surface area contributed by atoms with E-state index in [1.807, 2.05) is 18.2 Å². The van der Waals surface area contributed by atoms with Crippen LogP contribution in [0.4, 0.5) is 0 Å². The molecule has 0 unspecified atom stereocenters. The van der Waals surface area contributed by atoms with Gasteiger partial charge in [0.15, 0.2) is 0 Å². The molecule has 2 heterocycles. The Morgan fingerprint density at radius 2 is 1.59 bits per heavy atom. The first-order valence-corrected chi connectivity index (χ1v) is 10.9. The van der Waals surface area contributed by atoms with Crippen LogP contribution in [0.1, 0.15) is 30.1 Å². The van der Waals surface area contributed by atoms with Crippen molar-refractivity contribution >= 4 is 22.7 Å². The average Bonchev–Trinajstić information content (AvgIpc) is 2.83. The fraction of sp³-hybridized carbons (Fsp3) is 0.333. The lowest BCUT2D eigenvalue weighted by Gasteiger charge is -2.32. The van der Waals surface area contributed by atoms with E-state index in [9.17, 15) is 19.2 Å². The third-order valence-corrected chi connectivity index (χ3v) is 5.96. The summed E-state index contributed by atoms with van der Waals surface area (Å²) < 4.78 is 2.53. The Bertz CT molecular complexity index is 1250. The zero-order valence-corrected chi connectivity index (χ0v) is 18.0. The van der Waals surface area contributed by atoms with Gasteiger partial charge in [-0.15, -0.1) is 0 Å². The lowest BCUT2D eigenvalue weighted by molar-refractivity contribution is -0.132. The molecule has 0 bridgehead atoms. The van der Waals surface area contributed by atoms with Crippen molar-refractivity contribution in [2.75, 3.05) is 13.1 Å². The van der Waals surface area contributed by atoms with Crippen molar-refractivity contribution in [3.8, 4) is 0 Å². The van der Waals surface area contributed by atoms with E-state index in [0.717, 1.165) is 4.57 Å². The number of amides is 2. The highest BCUT2D eigenvalue weighted by molar-refractivity contribution is 5.94. The first-order valence-electron chi connectivity index (χ1n) is 10.9. The maximum atomic E-state index is 13.0. The van der Waals surface area contributed by atoms with Crippen LogP contribution in [0.3, 0.4) is 0 Å². The van der Waals surface area contributed by atoms with Crippen LogP contribution < -0.4 is 16.6 Å². The van der Waals surface area contributed by atoms with E-state index in [1.54, 1.807) is 48.2 Å². The lowest BCUT2D eigenvalue weighted by Crippen LogP contribution is -2.48. The average molecular weight is 434 g/mol. The predicted octanol–water partition coefficient (Wildman–Crippen LogP) is 1.60. The number of nitrogens with zero attached hydrogens (tertiary/aromatic N) is 3. The van der Waals surface area contributed by atoms with Gasteiger partial charge >= 0.3 is 5.69 Å². The molecule has 0 spiro atoms. The van der Waals surface area contributed by atoms with E-state index in [1.165, 1.54) is 4.57 Å². The van der Waals surface area contributed by atoms with Crippen molar-refractivity contribution in [1.29, 1.82) is 0 Å². The monoisotopic (exact) mass is 434 g/mol. The molecule has 0 saturated carbocycles. The predicted molar refractivity (Wildman–Crippen MR) is 122 cm³/mol. The number of carbonyl (C=O) groups excluding carboxylic acids is 2. The molecule has 2 aromatic carbocycles. The van der Waals surface area contributed by atoms with Crippen molar-refractivity contribution in [2.45, 2.75) is 38.9 Å². The summed E-state index contributed by atoms with van der Waals surface area (Å²) in [5, 5.41) is 3.45. The largest absolute Gasteiger partial charge is 0.349 e. The highest BCUT2D eigenvalue weighted by Crippen LogP contribution is 2.13. The summed E-state index contributed by atoms with van der Waals surface area (Å²) in [6.45, 7) is 2.85. The van der Waals surface area contributed by atoms with Gasteiger partial charge in [-0.3, -0.25) is 23.5 Å². The molecular weight excluding hydrogens is 408 g/mol. The molecule has 0 aliphatic carbocycles. The van der Waals surface area contributed by atoms with Crippen molar-refractivity contribution in [1.82, 2.24) is 19.4 Å². The van der Waals surface area contributed by atoms with Gasteiger partial charge in [0, 0.05) is 31.2 Å². The first-order chi connectivity index (χ1) is 15.5. The summed E-state index contributed by atoms with van der Waals surface area (Å²) in [6, 6.07) is 15.9. The summed E-state index contributed by atoms with van der Waals surface area (Å²) in [5.74, 6) is -0.290. The second-order valence-corrected chi connectivity index (χ2v) is 7.93. The summed E-state index contributed by atoms with van der Waals surface area (Å²) in [7, 11) is 0. The molecule has 0 radical (unpaired) electrons. The van der Waals surface area contributed by atoms with Gasteiger partial charge in [-0.05, 0) is 44.0 Å². The highest BCUT2D eigenvalue weighted by Gasteiger charge is 2.25. The van der Waals surface area contributed by atoms with Gasteiger partial charge < -0.3 is 10.2 Å². The number of fused-ring (bicyclic) bond motifs is 1. The van der Waals surface area contributed by atoms with Crippen molar-refractivity contribution in [2.24, 2.45) is 0 Å². The molecule has 32 heavy (non-hydrogen) atoms. The van der Waals surface area contributed by atoms with Crippen molar-refractivity contribution < 1.29 is 9.59 Å². The third kappa shape index (κ3) is 4.21. The highest BCUT2D eigenvalue weighted by atomic mass is 16.2. The minimum atomic E-state index is -0.477. The van der Waals surface area contributed by atoms with E-state index in [-0.39, 0.29) is 36.5 Å². The Hall–Kier alpha value is -3.68. The van der Waals surface area contributed by atoms with Gasteiger partial charge in [0.2, 0.25) is 5.91 Å². The normalized spacial score (nSPS) is 14.5. The Labute approximate surface area is 185 Å². The second-order valence-electron chi connectivity index (χ2n) is 7.93. The molecule has 1 saturated heterocycles. The van der Waals surface area contributed by atoms with E-state index >= 15 is 0 Å². The number of likely N-dealkylation sites (tertiary alicyclic amines) is 1. The standard InChI is InChI=1S/C24H26N4O4/c1-2-27-23(31)19-10-6-7-11-20(19)28(24(27)32)16-21(29)26-14-12-18(13-15-26)25-22(30)17-8-4-3-5-9-17/h3-11,18H,2,12-16H2,1H3,(H,25,30). The van der Waals surface area contributed by atoms with Gasteiger partial charge in [0.1, 0.15) is 6.54 Å². The van der Waals surface area contributed by atoms with Crippen molar-refractivity contribution in [3.05, 3.63) is 81.0 Å². The summed E-state index contributed by atoms with van der Waals surface area (Å²) in [6.07, 6.45) is 1.29. The maximum absolute atomic E-state index is 13.0. The molecule has 8 nitrogen and oxygen atoms in total. The number of benzene rings is 2. The number of hydrogen-bond acceptors (Lipinski definition) is 4. The summed E-state index contributed by atoms with van der Waals surface area (Å²) in [5.41, 5.74) is 0.259. The Balaban J connectivity index is 1.45. The molecule has 1 N–H and O–H groups in total. The second kappa shape index (κ2) is 9.21. The minimum Gasteiger partial charge on any atom is -0.349 e. The summed E-state index contributed by atoms with van der Waals surface area (Å²) in [4.78, 5) is 52.5. The lowest BCUT2D eigenvalue weighted by atomic mass is 10.0. The molecule has 8 heteroatoms. The molecule has 1 aromatic heterocycles. The number of hydrogen-bond donors (Lipinski definition) is 1. The zero-order valence-electron chi connectivity index (χ0n) is 18.0. The number of aromatic nitrogens is 2. The van der Waals surface area contributed by atoms with Crippen LogP contribution in [0.25, 0.3) is 10.9 Å². The molecule has 2 amide bonds. The van der Waals surface area contributed by atoms with Crippen LogP contribution in [-0.4, -0.2) is 45.0 Å². The van der Waals surface area contributed by atoms with Crippen LogP contribution in [0, 0.1) is 0 Å².